The number of benzene rings is 2. The molecule has 0 bridgehead atoms. The lowest BCUT2D eigenvalue weighted by molar-refractivity contribution is 0.0136. The van der Waals surface area contributed by atoms with Gasteiger partial charge in [-0.15, -0.1) is 0 Å². The summed E-state index contributed by atoms with van der Waals surface area (Å²) in [6.45, 7) is 0.355. The number of carbonyl (C=O) groups excluding carboxylic acids is 1. The second kappa shape index (κ2) is 10.4. The zero-order chi connectivity index (χ0) is 18.8. The normalized spacial score (nSPS) is 12.5. The van der Waals surface area contributed by atoms with Crippen LogP contribution in [0.1, 0.15) is 23.7 Å². The van der Waals surface area contributed by atoms with E-state index in [-0.39, 0.29) is 19.6 Å². The minimum Gasteiger partial charge on any atom is -0.445 e. The summed E-state index contributed by atoms with van der Waals surface area (Å²) in [6, 6.07) is 16.0. The second-order valence-corrected chi connectivity index (χ2v) is 5.77. The summed E-state index contributed by atoms with van der Waals surface area (Å²) in [6.07, 6.45) is -2.48. The lowest BCUT2D eigenvalue weighted by Gasteiger charge is -2.18. The van der Waals surface area contributed by atoms with E-state index in [1.165, 1.54) is 0 Å². The van der Waals surface area contributed by atoms with Crippen LogP contribution in [-0.2, 0) is 11.3 Å². The molecule has 2 aromatic rings. The fourth-order valence-electron chi connectivity index (χ4n) is 2.28. The Labute approximate surface area is 157 Å². The molecule has 2 rings (SSSR count). The molecule has 0 aliphatic rings. The SMILES string of the molecule is O=C(NCCC(O)C(O)c1ccc(N=C=S)cc1)OCc1ccccc1. The Morgan fingerprint density at radius 2 is 1.85 bits per heavy atom. The number of aliphatic imine (C=N–C) groups is 1. The first-order chi connectivity index (χ1) is 12.6. The molecule has 2 aromatic carbocycles. The third kappa shape index (κ3) is 6.38. The standard InChI is InChI=1S/C19H20N2O4S/c22-17(18(23)15-6-8-16(9-7-15)21-13-26)10-11-20-19(24)25-12-14-4-2-1-3-5-14/h1-9,17-18,22-23H,10-12H2,(H,20,24). The van der Waals surface area contributed by atoms with E-state index in [1.807, 2.05) is 30.3 Å². The molecule has 0 heterocycles. The predicted octanol–water partition coefficient (Wildman–Crippen LogP) is 3.13. The van der Waals surface area contributed by atoms with Crippen molar-refractivity contribution in [1.29, 1.82) is 0 Å². The number of nitrogens with zero attached hydrogens (tertiary/aromatic N) is 1. The highest BCUT2D eigenvalue weighted by molar-refractivity contribution is 7.78. The molecule has 3 N–H and O–H groups in total. The molecule has 0 radical (unpaired) electrons. The van der Waals surface area contributed by atoms with Crippen molar-refractivity contribution in [1.82, 2.24) is 5.32 Å². The maximum Gasteiger partial charge on any atom is 0.407 e. The van der Waals surface area contributed by atoms with Gasteiger partial charge in [0.15, 0.2) is 0 Å². The molecule has 0 spiro atoms. The first-order valence-corrected chi connectivity index (χ1v) is 8.49. The summed E-state index contributed by atoms with van der Waals surface area (Å²) in [5, 5.41) is 25.0. The number of thiocarbonyl (C=S) groups is 1. The molecule has 136 valence electrons. The number of rotatable bonds is 8. The molecule has 7 heteroatoms. The van der Waals surface area contributed by atoms with E-state index >= 15 is 0 Å². The minimum absolute atomic E-state index is 0.175. The Morgan fingerprint density at radius 1 is 1.15 bits per heavy atom. The van der Waals surface area contributed by atoms with Crippen LogP contribution in [-0.4, -0.2) is 34.1 Å². The van der Waals surface area contributed by atoms with Gasteiger partial charge in [0.2, 0.25) is 0 Å². The Bertz CT molecular complexity index is 746. The predicted molar refractivity (Wildman–Crippen MR) is 101 cm³/mol. The van der Waals surface area contributed by atoms with Gasteiger partial charge in [0, 0.05) is 6.54 Å². The third-order valence-corrected chi connectivity index (χ3v) is 3.79. The number of carbonyl (C=O) groups is 1. The molecule has 26 heavy (non-hydrogen) atoms. The monoisotopic (exact) mass is 372 g/mol. The Morgan fingerprint density at radius 3 is 2.50 bits per heavy atom. The van der Waals surface area contributed by atoms with Crippen molar-refractivity contribution in [3.05, 3.63) is 65.7 Å². The highest BCUT2D eigenvalue weighted by Crippen LogP contribution is 2.21. The molecule has 0 aliphatic heterocycles. The lowest BCUT2D eigenvalue weighted by atomic mass is 10.0. The average Bonchev–Trinajstić information content (AvgIpc) is 2.67. The van der Waals surface area contributed by atoms with Gasteiger partial charge in [0.05, 0.1) is 17.0 Å². The Hall–Kier alpha value is -2.57. The lowest BCUT2D eigenvalue weighted by Crippen LogP contribution is -2.29. The van der Waals surface area contributed by atoms with Crippen molar-refractivity contribution in [2.75, 3.05) is 6.54 Å². The number of aliphatic hydroxyl groups excluding tert-OH is 2. The number of nitrogens with one attached hydrogen (secondary N) is 1. The number of isothiocyanates is 1. The first-order valence-electron chi connectivity index (χ1n) is 8.08. The van der Waals surface area contributed by atoms with Gasteiger partial charge in [0.25, 0.3) is 0 Å². The summed E-state index contributed by atoms with van der Waals surface area (Å²) < 4.78 is 5.07. The van der Waals surface area contributed by atoms with Crippen LogP contribution in [0.5, 0.6) is 0 Å². The molecule has 0 fully saturated rings. The molecular weight excluding hydrogens is 352 g/mol. The van der Waals surface area contributed by atoms with Crippen LogP contribution in [0.3, 0.4) is 0 Å². The highest BCUT2D eigenvalue weighted by Gasteiger charge is 2.18. The van der Waals surface area contributed by atoms with Crippen LogP contribution in [0.15, 0.2) is 59.6 Å². The van der Waals surface area contributed by atoms with Crippen LogP contribution in [0.4, 0.5) is 10.5 Å². The van der Waals surface area contributed by atoms with E-state index < -0.39 is 18.3 Å². The molecule has 0 saturated heterocycles. The third-order valence-electron chi connectivity index (χ3n) is 3.70. The molecule has 2 atom stereocenters. The van der Waals surface area contributed by atoms with Gasteiger partial charge in [-0.3, -0.25) is 0 Å². The zero-order valence-electron chi connectivity index (χ0n) is 14.0. The van der Waals surface area contributed by atoms with Crippen molar-refractivity contribution in [2.45, 2.75) is 25.2 Å². The minimum atomic E-state index is -1.07. The number of aliphatic hydroxyl groups is 2. The van der Waals surface area contributed by atoms with Gasteiger partial charge in [-0.1, -0.05) is 42.5 Å². The molecule has 2 unspecified atom stereocenters. The van der Waals surface area contributed by atoms with E-state index in [0.717, 1.165) is 5.56 Å². The maximum absolute atomic E-state index is 11.6. The Kier molecular flexibility index (Phi) is 7.92. The molecule has 0 aliphatic carbocycles. The quantitative estimate of drug-likeness (QED) is 0.489. The Balaban J connectivity index is 1.72. The molecule has 1 amide bonds. The summed E-state index contributed by atoms with van der Waals surface area (Å²) in [5.41, 5.74) is 2.06. The maximum atomic E-state index is 11.6. The number of amides is 1. The van der Waals surface area contributed by atoms with Gasteiger partial charge in [-0.05, 0) is 41.9 Å². The summed E-state index contributed by atoms with van der Waals surface area (Å²) in [4.78, 5) is 15.5. The van der Waals surface area contributed by atoms with Gasteiger partial charge in [0.1, 0.15) is 12.7 Å². The number of alkyl carbamates (subject to hydrolysis) is 1. The van der Waals surface area contributed by atoms with Crippen molar-refractivity contribution in [3.8, 4) is 0 Å². The molecule has 0 aromatic heterocycles. The van der Waals surface area contributed by atoms with E-state index in [0.29, 0.717) is 11.3 Å². The topological polar surface area (TPSA) is 91.2 Å². The number of hydrogen-bond acceptors (Lipinski definition) is 6. The van der Waals surface area contributed by atoms with Gasteiger partial charge in [-0.2, -0.15) is 4.99 Å². The van der Waals surface area contributed by atoms with E-state index in [9.17, 15) is 15.0 Å². The fraction of sp³-hybridized carbons (Fsp3) is 0.263. The molecule has 0 saturated carbocycles. The molecule has 6 nitrogen and oxygen atoms in total. The number of ether oxygens (including phenoxy) is 1. The zero-order valence-corrected chi connectivity index (χ0v) is 14.9. The first kappa shape index (κ1) is 19.8. The van der Waals surface area contributed by atoms with Crippen LogP contribution < -0.4 is 5.32 Å². The van der Waals surface area contributed by atoms with Gasteiger partial charge < -0.3 is 20.3 Å². The van der Waals surface area contributed by atoms with Crippen molar-refractivity contribution >= 4 is 29.2 Å². The summed E-state index contributed by atoms with van der Waals surface area (Å²) in [5.74, 6) is 0. The largest absolute Gasteiger partial charge is 0.445 e. The van der Waals surface area contributed by atoms with Crippen LogP contribution in [0, 0.1) is 0 Å². The van der Waals surface area contributed by atoms with Crippen LogP contribution >= 0.6 is 12.2 Å². The van der Waals surface area contributed by atoms with Crippen LogP contribution in [0.25, 0.3) is 0 Å². The number of hydrogen-bond donors (Lipinski definition) is 3. The van der Waals surface area contributed by atoms with E-state index in [4.69, 9.17) is 4.74 Å². The highest BCUT2D eigenvalue weighted by atomic mass is 32.1. The van der Waals surface area contributed by atoms with Crippen LogP contribution in [0.2, 0.25) is 0 Å². The van der Waals surface area contributed by atoms with Gasteiger partial charge in [-0.25, -0.2) is 4.79 Å². The van der Waals surface area contributed by atoms with E-state index in [1.54, 1.807) is 24.3 Å². The summed E-state index contributed by atoms with van der Waals surface area (Å²) in [7, 11) is 0. The smallest absolute Gasteiger partial charge is 0.407 e. The van der Waals surface area contributed by atoms with Gasteiger partial charge >= 0.3 is 6.09 Å². The second-order valence-electron chi connectivity index (χ2n) is 5.58. The van der Waals surface area contributed by atoms with E-state index in [2.05, 4.69) is 27.7 Å². The van der Waals surface area contributed by atoms with Crippen molar-refractivity contribution < 1.29 is 19.7 Å². The molecular formula is C19H20N2O4S. The van der Waals surface area contributed by atoms with Crippen molar-refractivity contribution in [3.63, 3.8) is 0 Å². The summed E-state index contributed by atoms with van der Waals surface area (Å²) >= 11 is 4.52. The average molecular weight is 372 g/mol. The van der Waals surface area contributed by atoms with Crippen molar-refractivity contribution in [2.24, 2.45) is 4.99 Å². The fourth-order valence-corrected chi connectivity index (χ4v) is 2.38.